The van der Waals surface area contributed by atoms with Gasteiger partial charge in [0.2, 0.25) is 5.91 Å². The predicted octanol–water partition coefficient (Wildman–Crippen LogP) is 0.499. The summed E-state index contributed by atoms with van der Waals surface area (Å²) in [6.07, 6.45) is 2.21. The lowest BCUT2D eigenvalue weighted by Gasteiger charge is -2.20. The second-order valence-corrected chi connectivity index (χ2v) is 4.70. The number of fused-ring (bicyclic) bond motifs is 2. The van der Waals surface area contributed by atoms with Crippen molar-refractivity contribution >= 4 is 11.7 Å². The van der Waals surface area contributed by atoms with E-state index in [2.05, 4.69) is 16.4 Å². The van der Waals surface area contributed by atoms with E-state index in [9.17, 15) is 4.79 Å². The van der Waals surface area contributed by atoms with Crippen molar-refractivity contribution in [2.24, 2.45) is 0 Å². The molecule has 2 atom stereocenters. The molecule has 86 valence electrons. The summed E-state index contributed by atoms with van der Waals surface area (Å²) in [4.78, 5) is 18.3. The van der Waals surface area contributed by atoms with Crippen molar-refractivity contribution in [3.05, 3.63) is 23.9 Å². The van der Waals surface area contributed by atoms with E-state index in [4.69, 9.17) is 5.26 Å². The molecule has 1 N–H and O–H groups in total. The molecule has 1 spiro atoms. The van der Waals surface area contributed by atoms with Gasteiger partial charge in [0.05, 0.1) is 17.5 Å². The highest BCUT2D eigenvalue weighted by atomic mass is 16.2. The van der Waals surface area contributed by atoms with Gasteiger partial charge >= 0.3 is 0 Å². The lowest BCUT2D eigenvalue weighted by molar-refractivity contribution is -0.120. The summed E-state index contributed by atoms with van der Waals surface area (Å²) in [5.41, 5.74) is 0.341. The van der Waals surface area contributed by atoms with Crippen molar-refractivity contribution in [3.8, 4) is 6.07 Å². The zero-order chi connectivity index (χ0) is 12.0. The van der Waals surface area contributed by atoms with Crippen molar-refractivity contribution in [1.82, 2.24) is 9.88 Å². The fourth-order valence-electron chi connectivity index (χ4n) is 2.83. The Morgan fingerprint density at radius 3 is 3.24 bits per heavy atom. The molecule has 3 rings (SSSR count). The first-order valence-corrected chi connectivity index (χ1v) is 5.54. The number of hydrogen-bond acceptors (Lipinski definition) is 4. The van der Waals surface area contributed by atoms with Gasteiger partial charge < -0.3 is 5.32 Å². The number of nitrogens with one attached hydrogen (secondary N) is 1. The lowest BCUT2D eigenvalue weighted by atomic mass is 9.80. The highest BCUT2D eigenvalue weighted by molar-refractivity contribution is 6.05. The second-order valence-electron chi connectivity index (χ2n) is 4.70. The Kier molecular flexibility index (Phi) is 1.98. The lowest BCUT2D eigenvalue weighted by Crippen LogP contribution is -2.36. The molecule has 0 radical (unpaired) electrons. The number of carbonyl (C=O) groups is 1. The second kappa shape index (κ2) is 3.28. The van der Waals surface area contributed by atoms with E-state index in [1.807, 2.05) is 24.1 Å². The van der Waals surface area contributed by atoms with E-state index in [0.717, 1.165) is 5.56 Å². The van der Waals surface area contributed by atoms with E-state index in [-0.39, 0.29) is 11.9 Å². The minimum atomic E-state index is -0.585. The molecule has 0 unspecified atom stereocenters. The summed E-state index contributed by atoms with van der Waals surface area (Å²) < 4.78 is 0. The Labute approximate surface area is 99.1 Å². The highest BCUT2D eigenvalue weighted by Gasteiger charge is 2.54. The first kappa shape index (κ1) is 10.2. The Balaban J connectivity index is 2.10. The van der Waals surface area contributed by atoms with Gasteiger partial charge in [0.25, 0.3) is 0 Å². The van der Waals surface area contributed by atoms with Gasteiger partial charge in [-0.1, -0.05) is 6.07 Å². The van der Waals surface area contributed by atoms with Gasteiger partial charge in [0.15, 0.2) is 0 Å². The standard InChI is InChI=1S/C12H12N4O/c1-16-7-12(5-8(16)6-13)9-3-2-4-14-10(9)15-11(12)17/h2-4,8H,5,7H2,1H3,(H,14,15,17)/t8-,12-/m0/s1. The topological polar surface area (TPSA) is 69.0 Å². The summed E-state index contributed by atoms with van der Waals surface area (Å²) in [5, 5.41) is 11.9. The van der Waals surface area contributed by atoms with Crippen LogP contribution < -0.4 is 5.32 Å². The summed E-state index contributed by atoms with van der Waals surface area (Å²) in [7, 11) is 1.88. The molecule has 0 bridgehead atoms. The van der Waals surface area contributed by atoms with Crippen LogP contribution in [0.5, 0.6) is 0 Å². The van der Waals surface area contributed by atoms with Crippen LogP contribution in [0.15, 0.2) is 18.3 Å². The van der Waals surface area contributed by atoms with E-state index in [1.165, 1.54) is 0 Å². The summed E-state index contributed by atoms with van der Waals surface area (Å²) in [6, 6.07) is 5.80. The summed E-state index contributed by atoms with van der Waals surface area (Å²) >= 11 is 0. The maximum absolute atomic E-state index is 12.2. The van der Waals surface area contributed by atoms with Crippen LogP contribution in [0.25, 0.3) is 0 Å². The van der Waals surface area contributed by atoms with Crippen LogP contribution in [0, 0.1) is 11.3 Å². The molecular weight excluding hydrogens is 216 g/mol. The van der Waals surface area contributed by atoms with E-state index < -0.39 is 5.41 Å². The van der Waals surface area contributed by atoms with Crippen LogP contribution in [-0.2, 0) is 10.2 Å². The molecular formula is C12H12N4O. The molecule has 1 aromatic rings. The molecule has 5 heteroatoms. The monoisotopic (exact) mass is 228 g/mol. The van der Waals surface area contributed by atoms with Gasteiger partial charge in [-0.3, -0.25) is 9.69 Å². The zero-order valence-corrected chi connectivity index (χ0v) is 9.47. The highest BCUT2D eigenvalue weighted by Crippen LogP contribution is 2.44. The van der Waals surface area contributed by atoms with Crippen LogP contribution in [0.1, 0.15) is 12.0 Å². The van der Waals surface area contributed by atoms with Crippen LogP contribution in [0.3, 0.4) is 0 Å². The van der Waals surface area contributed by atoms with Gasteiger partial charge in [0, 0.05) is 18.3 Å². The minimum absolute atomic E-state index is 0.0317. The number of likely N-dealkylation sites (N-methyl/N-ethyl adjacent to an activating group) is 1. The number of nitriles is 1. The fourth-order valence-corrected chi connectivity index (χ4v) is 2.83. The van der Waals surface area contributed by atoms with Crippen molar-refractivity contribution < 1.29 is 4.79 Å². The maximum atomic E-state index is 12.2. The van der Waals surface area contributed by atoms with Crippen molar-refractivity contribution in [2.75, 3.05) is 18.9 Å². The number of anilines is 1. The van der Waals surface area contributed by atoms with Gasteiger partial charge in [-0.2, -0.15) is 5.26 Å². The smallest absolute Gasteiger partial charge is 0.237 e. The van der Waals surface area contributed by atoms with E-state index >= 15 is 0 Å². The average molecular weight is 228 g/mol. The number of nitrogens with zero attached hydrogens (tertiary/aromatic N) is 3. The van der Waals surface area contributed by atoms with Crippen molar-refractivity contribution in [1.29, 1.82) is 5.26 Å². The number of likely N-dealkylation sites (tertiary alicyclic amines) is 1. The Morgan fingerprint density at radius 1 is 1.71 bits per heavy atom. The van der Waals surface area contributed by atoms with Gasteiger partial charge in [0.1, 0.15) is 5.82 Å². The third kappa shape index (κ3) is 1.22. The minimum Gasteiger partial charge on any atom is -0.310 e. The van der Waals surface area contributed by atoms with Gasteiger partial charge in [-0.15, -0.1) is 0 Å². The van der Waals surface area contributed by atoms with Crippen LogP contribution >= 0.6 is 0 Å². The molecule has 17 heavy (non-hydrogen) atoms. The zero-order valence-electron chi connectivity index (χ0n) is 9.47. The molecule has 3 heterocycles. The van der Waals surface area contributed by atoms with E-state index in [0.29, 0.717) is 18.8 Å². The van der Waals surface area contributed by atoms with Crippen LogP contribution in [0.4, 0.5) is 5.82 Å². The number of hydrogen-bond donors (Lipinski definition) is 1. The summed E-state index contributed by atoms with van der Waals surface area (Å²) in [6.45, 7) is 0.579. The molecule has 1 saturated heterocycles. The normalized spacial score (nSPS) is 31.3. The molecule has 2 aliphatic heterocycles. The van der Waals surface area contributed by atoms with Crippen LogP contribution in [0.2, 0.25) is 0 Å². The third-order valence-corrected chi connectivity index (χ3v) is 3.73. The number of amides is 1. The molecule has 5 nitrogen and oxygen atoms in total. The predicted molar refractivity (Wildman–Crippen MR) is 61.2 cm³/mol. The molecule has 0 aromatic carbocycles. The van der Waals surface area contributed by atoms with Crippen molar-refractivity contribution in [3.63, 3.8) is 0 Å². The maximum Gasteiger partial charge on any atom is 0.237 e. The molecule has 0 aliphatic carbocycles. The largest absolute Gasteiger partial charge is 0.310 e. The quantitative estimate of drug-likeness (QED) is 0.702. The molecule has 1 fully saturated rings. The number of pyridine rings is 1. The Hall–Kier alpha value is -1.93. The average Bonchev–Trinajstić information content (AvgIpc) is 2.80. The van der Waals surface area contributed by atoms with Crippen LogP contribution in [-0.4, -0.2) is 35.4 Å². The molecule has 2 aliphatic rings. The molecule has 1 aromatic heterocycles. The number of carbonyl (C=O) groups excluding carboxylic acids is 1. The Morgan fingerprint density at radius 2 is 2.53 bits per heavy atom. The molecule has 0 saturated carbocycles. The van der Waals surface area contributed by atoms with E-state index in [1.54, 1.807) is 6.20 Å². The van der Waals surface area contributed by atoms with Gasteiger partial charge in [-0.25, -0.2) is 4.98 Å². The third-order valence-electron chi connectivity index (χ3n) is 3.73. The first-order chi connectivity index (χ1) is 8.17. The summed E-state index contributed by atoms with van der Waals surface area (Å²) in [5.74, 6) is 0.611. The van der Waals surface area contributed by atoms with Gasteiger partial charge in [-0.05, 0) is 19.5 Å². The van der Waals surface area contributed by atoms with Crippen molar-refractivity contribution in [2.45, 2.75) is 17.9 Å². The fraction of sp³-hybridized carbons (Fsp3) is 0.417. The number of rotatable bonds is 0. The first-order valence-electron chi connectivity index (χ1n) is 5.54. The Bertz CT molecular complexity index is 536. The SMILES string of the molecule is CN1C[C@]2(C[C@H]1C#N)C(=O)Nc1ncccc12. The number of aromatic nitrogens is 1. The molecule has 1 amide bonds.